The fourth-order valence-electron chi connectivity index (χ4n) is 0.700. The van der Waals surface area contributed by atoms with E-state index in [9.17, 15) is 18.0 Å². The Morgan fingerprint density at radius 1 is 1.57 bits per heavy atom. The second-order valence-electron chi connectivity index (χ2n) is 2.79. The molecule has 3 nitrogen and oxygen atoms in total. The lowest BCUT2D eigenvalue weighted by Gasteiger charge is -2.11. The van der Waals surface area contributed by atoms with Gasteiger partial charge in [-0.2, -0.15) is 24.9 Å². The van der Waals surface area contributed by atoms with Crippen molar-refractivity contribution in [2.24, 2.45) is 0 Å². The van der Waals surface area contributed by atoms with Crippen molar-refractivity contribution >= 4 is 17.9 Å². The molecule has 1 atom stereocenters. The van der Waals surface area contributed by atoms with Crippen molar-refractivity contribution in [2.45, 2.75) is 25.6 Å². The van der Waals surface area contributed by atoms with E-state index in [4.69, 9.17) is 5.11 Å². The summed E-state index contributed by atoms with van der Waals surface area (Å²) in [6, 6.07) is -0.328. The molecule has 0 saturated carbocycles. The van der Waals surface area contributed by atoms with Gasteiger partial charge in [0.2, 0.25) is 0 Å². The molecule has 0 saturated heterocycles. The average Bonchev–Trinajstić information content (AvgIpc) is 1.95. The predicted molar refractivity (Wildman–Crippen MR) is 48.6 cm³/mol. The van der Waals surface area contributed by atoms with Crippen LogP contribution in [0.25, 0.3) is 0 Å². The molecule has 0 heterocycles. The molecular weight excluding hydrogens is 219 g/mol. The standard InChI is InChI=1S/C7H12F3NO2S/c1-5(11-6(12)13)4-14-3-2-7(8,9)10/h5,11H,2-4H2,1H3,(H,12,13)/t5-/m1/s1. The van der Waals surface area contributed by atoms with Crippen LogP contribution in [0.3, 0.4) is 0 Å². The lowest BCUT2D eigenvalue weighted by atomic mass is 10.4. The number of thioether (sulfide) groups is 1. The summed E-state index contributed by atoms with van der Waals surface area (Å²) < 4.78 is 35.0. The van der Waals surface area contributed by atoms with Crippen molar-refractivity contribution in [1.82, 2.24) is 5.32 Å². The molecule has 0 aliphatic heterocycles. The number of nitrogens with one attached hydrogen (secondary N) is 1. The summed E-state index contributed by atoms with van der Waals surface area (Å²) >= 11 is 1.08. The Morgan fingerprint density at radius 2 is 2.14 bits per heavy atom. The minimum absolute atomic E-state index is 0.0326. The highest BCUT2D eigenvalue weighted by atomic mass is 32.2. The van der Waals surface area contributed by atoms with E-state index in [1.54, 1.807) is 6.92 Å². The first-order valence-corrected chi connectivity index (χ1v) is 5.10. The van der Waals surface area contributed by atoms with Crippen molar-refractivity contribution in [1.29, 1.82) is 0 Å². The van der Waals surface area contributed by atoms with Crippen LogP contribution in [0.1, 0.15) is 13.3 Å². The van der Waals surface area contributed by atoms with Crippen LogP contribution in [-0.2, 0) is 0 Å². The van der Waals surface area contributed by atoms with Gasteiger partial charge in [-0.25, -0.2) is 4.79 Å². The van der Waals surface area contributed by atoms with Gasteiger partial charge in [-0.05, 0) is 6.92 Å². The molecule has 0 radical (unpaired) electrons. The number of alkyl halides is 3. The van der Waals surface area contributed by atoms with Gasteiger partial charge in [0.25, 0.3) is 0 Å². The van der Waals surface area contributed by atoms with Gasteiger partial charge in [-0.1, -0.05) is 0 Å². The minimum atomic E-state index is -4.13. The van der Waals surface area contributed by atoms with Gasteiger partial charge in [-0.3, -0.25) is 0 Å². The van der Waals surface area contributed by atoms with Crippen molar-refractivity contribution in [3.8, 4) is 0 Å². The Morgan fingerprint density at radius 3 is 2.57 bits per heavy atom. The highest BCUT2D eigenvalue weighted by Gasteiger charge is 2.26. The Balaban J connectivity index is 3.41. The van der Waals surface area contributed by atoms with Gasteiger partial charge in [0.15, 0.2) is 0 Å². The van der Waals surface area contributed by atoms with Gasteiger partial charge in [0.05, 0.1) is 6.42 Å². The predicted octanol–water partition coefficient (Wildman–Crippen LogP) is 2.33. The van der Waals surface area contributed by atoms with Crippen molar-refractivity contribution in [2.75, 3.05) is 11.5 Å². The van der Waals surface area contributed by atoms with E-state index in [1.807, 2.05) is 0 Å². The largest absolute Gasteiger partial charge is 0.465 e. The molecule has 0 unspecified atom stereocenters. The summed E-state index contributed by atoms with van der Waals surface area (Å²) in [5, 5.41) is 10.4. The summed E-state index contributed by atoms with van der Waals surface area (Å²) in [5.74, 6) is 0.317. The first kappa shape index (κ1) is 13.4. The molecule has 0 aromatic heterocycles. The van der Waals surface area contributed by atoms with E-state index < -0.39 is 18.7 Å². The minimum Gasteiger partial charge on any atom is -0.465 e. The van der Waals surface area contributed by atoms with Gasteiger partial charge in [0.1, 0.15) is 0 Å². The molecule has 0 aliphatic rings. The molecule has 1 amide bonds. The van der Waals surface area contributed by atoms with Crippen molar-refractivity contribution in [3.63, 3.8) is 0 Å². The van der Waals surface area contributed by atoms with Crippen LogP contribution in [0, 0.1) is 0 Å². The maximum absolute atomic E-state index is 11.7. The number of halogens is 3. The molecule has 0 bridgehead atoms. The fourth-order valence-corrected chi connectivity index (χ4v) is 1.68. The third kappa shape index (κ3) is 9.50. The van der Waals surface area contributed by atoms with Crippen LogP contribution in [0.2, 0.25) is 0 Å². The SMILES string of the molecule is C[C@H](CSCCC(F)(F)F)NC(=O)O. The number of hydrogen-bond donors (Lipinski definition) is 2. The number of amides is 1. The number of hydrogen-bond acceptors (Lipinski definition) is 2. The van der Waals surface area contributed by atoms with E-state index in [0.29, 0.717) is 5.75 Å². The van der Waals surface area contributed by atoms with E-state index >= 15 is 0 Å². The summed E-state index contributed by atoms with van der Waals surface area (Å²) in [6.45, 7) is 1.61. The molecule has 84 valence electrons. The first-order chi connectivity index (χ1) is 6.31. The molecule has 0 aromatic rings. The third-order valence-electron chi connectivity index (χ3n) is 1.27. The Hall–Kier alpha value is -0.590. The molecule has 2 N–H and O–H groups in total. The normalized spacial score (nSPS) is 13.7. The molecule has 0 aromatic carbocycles. The first-order valence-electron chi connectivity index (χ1n) is 3.95. The van der Waals surface area contributed by atoms with E-state index in [0.717, 1.165) is 11.8 Å². The molecule has 7 heteroatoms. The highest BCUT2D eigenvalue weighted by molar-refractivity contribution is 7.99. The molecule has 0 aliphatic carbocycles. The average molecular weight is 231 g/mol. The topological polar surface area (TPSA) is 49.3 Å². The molecular formula is C7H12F3NO2S. The summed E-state index contributed by atoms with van der Waals surface area (Å²) in [4.78, 5) is 10.1. The Bertz CT molecular complexity index is 186. The maximum atomic E-state index is 11.7. The highest BCUT2D eigenvalue weighted by Crippen LogP contribution is 2.22. The summed E-state index contributed by atoms with van der Waals surface area (Å²) in [7, 11) is 0. The second-order valence-corrected chi connectivity index (χ2v) is 3.94. The van der Waals surface area contributed by atoms with Gasteiger partial charge in [0, 0.05) is 17.5 Å². The Kier molecular flexibility index (Phi) is 5.75. The van der Waals surface area contributed by atoms with Gasteiger partial charge in [-0.15, -0.1) is 0 Å². The van der Waals surface area contributed by atoms with Crippen LogP contribution < -0.4 is 5.32 Å². The monoisotopic (exact) mass is 231 g/mol. The van der Waals surface area contributed by atoms with Crippen molar-refractivity contribution < 1.29 is 23.1 Å². The van der Waals surface area contributed by atoms with Crippen LogP contribution in [-0.4, -0.2) is 34.9 Å². The summed E-state index contributed by atoms with van der Waals surface area (Å²) in [5.41, 5.74) is 0. The number of carbonyl (C=O) groups is 1. The van der Waals surface area contributed by atoms with E-state index in [1.165, 1.54) is 0 Å². The van der Waals surface area contributed by atoms with E-state index in [-0.39, 0.29) is 11.8 Å². The summed E-state index contributed by atoms with van der Waals surface area (Å²) in [6.07, 6.45) is -6.12. The van der Waals surface area contributed by atoms with Gasteiger partial charge >= 0.3 is 12.3 Å². The fraction of sp³-hybridized carbons (Fsp3) is 0.857. The van der Waals surface area contributed by atoms with Crippen molar-refractivity contribution in [3.05, 3.63) is 0 Å². The smallest absolute Gasteiger partial charge is 0.404 e. The zero-order chi connectivity index (χ0) is 11.2. The zero-order valence-electron chi connectivity index (χ0n) is 7.60. The van der Waals surface area contributed by atoms with Crippen LogP contribution in [0.15, 0.2) is 0 Å². The molecule has 0 fully saturated rings. The lowest BCUT2D eigenvalue weighted by molar-refractivity contribution is -0.129. The second kappa shape index (κ2) is 6.00. The lowest BCUT2D eigenvalue weighted by Crippen LogP contribution is -2.32. The van der Waals surface area contributed by atoms with Crippen LogP contribution in [0.4, 0.5) is 18.0 Å². The third-order valence-corrected chi connectivity index (χ3v) is 2.50. The molecule has 0 spiro atoms. The number of carboxylic acid groups (broad SMARTS) is 1. The maximum Gasteiger partial charge on any atom is 0.404 e. The molecule has 0 rings (SSSR count). The quantitative estimate of drug-likeness (QED) is 0.714. The van der Waals surface area contributed by atoms with Gasteiger partial charge < -0.3 is 10.4 Å². The Labute approximate surface area is 84.1 Å². The zero-order valence-corrected chi connectivity index (χ0v) is 8.41. The van der Waals surface area contributed by atoms with Crippen LogP contribution >= 0.6 is 11.8 Å². The molecule has 14 heavy (non-hydrogen) atoms. The number of rotatable bonds is 5. The van der Waals surface area contributed by atoms with Crippen LogP contribution in [0.5, 0.6) is 0 Å². The van der Waals surface area contributed by atoms with E-state index in [2.05, 4.69) is 5.32 Å².